The number of likely N-dealkylation sites (tertiary alicyclic amines) is 1. The van der Waals surface area contributed by atoms with Crippen LogP contribution in [0.1, 0.15) is 19.0 Å². The highest BCUT2D eigenvalue weighted by Gasteiger charge is 2.19. The van der Waals surface area contributed by atoms with E-state index in [4.69, 9.17) is 0 Å². The molecule has 0 amide bonds. The molecule has 1 unspecified atom stereocenters. The van der Waals surface area contributed by atoms with Crippen molar-refractivity contribution in [3.63, 3.8) is 0 Å². The summed E-state index contributed by atoms with van der Waals surface area (Å²) in [5, 5.41) is 4.17. The van der Waals surface area contributed by atoms with Crippen molar-refractivity contribution in [2.45, 2.75) is 19.9 Å². The van der Waals surface area contributed by atoms with Gasteiger partial charge in [-0.3, -0.25) is 9.58 Å². The Bertz CT molecular complexity index is 279. The number of aryl methyl sites for hydroxylation is 1. The molecule has 0 saturated carbocycles. The van der Waals surface area contributed by atoms with Gasteiger partial charge in [0, 0.05) is 26.3 Å². The first-order valence-electron chi connectivity index (χ1n) is 4.95. The van der Waals surface area contributed by atoms with E-state index in [2.05, 4.69) is 23.0 Å². The van der Waals surface area contributed by atoms with Crippen molar-refractivity contribution in [1.29, 1.82) is 0 Å². The minimum absolute atomic E-state index is 0.869. The summed E-state index contributed by atoms with van der Waals surface area (Å²) >= 11 is 0. The van der Waals surface area contributed by atoms with Crippen molar-refractivity contribution in [2.75, 3.05) is 13.1 Å². The zero-order valence-corrected chi connectivity index (χ0v) is 8.40. The highest BCUT2D eigenvalue weighted by atomic mass is 15.3. The van der Waals surface area contributed by atoms with Gasteiger partial charge in [-0.05, 0) is 24.9 Å². The monoisotopic (exact) mass is 179 g/mol. The Morgan fingerprint density at radius 1 is 1.62 bits per heavy atom. The predicted molar refractivity (Wildman–Crippen MR) is 52.3 cm³/mol. The fourth-order valence-corrected chi connectivity index (χ4v) is 1.96. The average Bonchev–Trinajstić information content (AvgIpc) is 2.64. The number of hydrogen-bond donors (Lipinski definition) is 0. The maximum Gasteiger partial charge on any atom is 0.0521 e. The molecule has 0 N–H and O–H groups in total. The molecule has 1 aromatic rings. The third-order valence-corrected chi connectivity index (χ3v) is 2.82. The molecule has 1 atom stereocenters. The van der Waals surface area contributed by atoms with Crippen LogP contribution >= 0.6 is 0 Å². The summed E-state index contributed by atoms with van der Waals surface area (Å²) in [4.78, 5) is 2.50. The van der Waals surface area contributed by atoms with Crippen LogP contribution in [0.25, 0.3) is 0 Å². The molecule has 1 aliphatic rings. The van der Waals surface area contributed by atoms with Crippen molar-refractivity contribution in [3.8, 4) is 0 Å². The normalized spacial score (nSPS) is 24.0. The number of rotatable bonds is 2. The average molecular weight is 179 g/mol. The molecule has 0 spiro atoms. The van der Waals surface area contributed by atoms with Gasteiger partial charge in [0.2, 0.25) is 0 Å². The lowest BCUT2D eigenvalue weighted by Crippen LogP contribution is -2.21. The molecule has 72 valence electrons. The topological polar surface area (TPSA) is 21.1 Å². The Morgan fingerprint density at radius 3 is 3.00 bits per heavy atom. The Hall–Kier alpha value is -0.830. The van der Waals surface area contributed by atoms with Crippen molar-refractivity contribution in [2.24, 2.45) is 13.0 Å². The number of hydrogen-bond acceptors (Lipinski definition) is 2. The molecule has 3 heteroatoms. The van der Waals surface area contributed by atoms with Crippen LogP contribution < -0.4 is 0 Å². The van der Waals surface area contributed by atoms with Crippen LogP contribution in [0.3, 0.4) is 0 Å². The van der Waals surface area contributed by atoms with Crippen molar-refractivity contribution in [1.82, 2.24) is 14.7 Å². The highest BCUT2D eigenvalue weighted by molar-refractivity contribution is 5.00. The van der Waals surface area contributed by atoms with Gasteiger partial charge in [0.1, 0.15) is 0 Å². The van der Waals surface area contributed by atoms with Crippen molar-refractivity contribution < 1.29 is 0 Å². The van der Waals surface area contributed by atoms with Crippen LogP contribution in [0, 0.1) is 5.92 Å². The van der Waals surface area contributed by atoms with Gasteiger partial charge in [0.05, 0.1) is 5.69 Å². The SMILES string of the molecule is CC1CCN(Cc2ccnn2C)C1. The quantitative estimate of drug-likeness (QED) is 0.681. The Balaban J connectivity index is 1.95. The van der Waals surface area contributed by atoms with E-state index in [-0.39, 0.29) is 0 Å². The smallest absolute Gasteiger partial charge is 0.0521 e. The molecule has 1 fully saturated rings. The molecule has 0 radical (unpaired) electrons. The first-order valence-corrected chi connectivity index (χ1v) is 4.95. The van der Waals surface area contributed by atoms with E-state index >= 15 is 0 Å². The lowest BCUT2D eigenvalue weighted by Gasteiger charge is -2.14. The number of nitrogens with zero attached hydrogens (tertiary/aromatic N) is 3. The third kappa shape index (κ3) is 1.91. The summed E-state index contributed by atoms with van der Waals surface area (Å²) in [6.07, 6.45) is 3.21. The van der Waals surface area contributed by atoms with E-state index in [1.54, 1.807) is 0 Å². The molecule has 1 aromatic heterocycles. The second-order valence-corrected chi connectivity index (χ2v) is 4.08. The molecular weight excluding hydrogens is 162 g/mol. The summed E-state index contributed by atoms with van der Waals surface area (Å²) in [7, 11) is 2.01. The Kier molecular flexibility index (Phi) is 2.36. The molecule has 0 aromatic carbocycles. The van der Waals surface area contributed by atoms with E-state index in [9.17, 15) is 0 Å². The van der Waals surface area contributed by atoms with Gasteiger partial charge in [0.15, 0.2) is 0 Å². The number of aromatic nitrogens is 2. The lowest BCUT2D eigenvalue weighted by atomic mass is 10.2. The van der Waals surface area contributed by atoms with E-state index in [0.29, 0.717) is 0 Å². The van der Waals surface area contributed by atoms with Gasteiger partial charge in [-0.1, -0.05) is 6.92 Å². The van der Waals surface area contributed by atoms with E-state index in [1.807, 2.05) is 17.9 Å². The first-order chi connectivity index (χ1) is 6.25. The molecule has 0 bridgehead atoms. The van der Waals surface area contributed by atoms with Crippen LogP contribution in [0.2, 0.25) is 0 Å². The zero-order valence-electron chi connectivity index (χ0n) is 8.40. The molecule has 3 nitrogen and oxygen atoms in total. The van der Waals surface area contributed by atoms with Crippen LogP contribution in [0.15, 0.2) is 12.3 Å². The summed E-state index contributed by atoms with van der Waals surface area (Å²) in [6.45, 7) is 5.86. The first kappa shape index (κ1) is 8.75. The van der Waals surface area contributed by atoms with E-state index in [0.717, 1.165) is 12.5 Å². The van der Waals surface area contributed by atoms with Crippen molar-refractivity contribution in [3.05, 3.63) is 18.0 Å². The van der Waals surface area contributed by atoms with Gasteiger partial charge >= 0.3 is 0 Å². The minimum atomic E-state index is 0.869. The van der Waals surface area contributed by atoms with Gasteiger partial charge in [-0.2, -0.15) is 5.10 Å². The van der Waals surface area contributed by atoms with Crippen LogP contribution in [0.4, 0.5) is 0 Å². The maximum absolute atomic E-state index is 4.17. The fourth-order valence-electron chi connectivity index (χ4n) is 1.96. The largest absolute Gasteiger partial charge is 0.297 e. The summed E-state index contributed by atoms with van der Waals surface area (Å²) in [6, 6.07) is 2.10. The third-order valence-electron chi connectivity index (χ3n) is 2.82. The zero-order chi connectivity index (χ0) is 9.26. The van der Waals surface area contributed by atoms with Crippen molar-refractivity contribution >= 4 is 0 Å². The summed E-state index contributed by atoms with van der Waals surface area (Å²) < 4.78 is 1.96. The maximum atomic E-state index is 4.17. The van der Waals surface area contributed by atoms with Gasteiger partial charge in [-0.25, -0.2) is 0 Å². The van der Waals surface area contributed by atoms with Crippen LogP contribution in [-0.2, 0) is 13.6 Å². The van der Waals surface area contributed by atoms with Gasteiger partial charge in [-0.15, -0.1) is 0 Å². The molecule has 1 aliphatic heterocycles. The second kappa shape index (κ2) is 3.50. The van der Waals surface area contributed by atoms with Crippen LogP contribution in [0.5, 0.6) is 0 Å². The second-order valence-electron chi connectivity index (χ2n) is 4.08. The summed E-state index contributed by atoms with van der Waals surface area (Å²) in [5.74, 6) is 0.869. The van der Waals surface area contributed by atoms with Gasteiger partial charge < -0.3 is 0 Å². The predicted octanol–water partition coefficient (Wildman–Crippen LogP) is 1.26. The van der Waals surface area contributed by atoms with Gasteiger partial charge in [0.25, 0.3) is 0 Å². The van der Waals surface area contributed by atoms with Crippen LogP contribution in [-0.4, -0.2) is 27.8 Å². The lowest BCUT2D eigenvalue weighted by molar-refractivity contribution is 0.311. The fraction of sp³-hybridized carbons (Fsp3) is 0.700. The molecule has 2 rings (SSSR count). The molecule has 2 heterocycles. The molecular formula is C10H17N3. The van der Waals surface area contributed by atoms with E-state index < -0.39 is 0 Å². The summed E-state index contributed by atoms with van der Waals surface area (Å²) in [5.41, 5.74) is 1.31. The molecule has 0 aliphatic carbocycles. The van der Waals surface area contributed by atoms with E-state index in [1.165, 1.54) is 25.2 Å². The Morgan fingerprint density at radius 2 is 2.46 bits per heavy atom. The minimum Gasteiger partial charge on any atom is -0.297 e. The molecule has 13 heavy (non-hydrogen) atoms. The highest BCUT2D eigenvalue weighted by Crippen LogP contribution is 2.17. The molecule has 1 saturated heterocycles. The Labute approximate surface area is 79.3 Å². The standard InChI is InChI=1S/C10H17N3/c1-9-4-6-13(7-9)8-10-3-5-11-12(10)2/h3,5,9H,4,6-8H2,1-2H3.